The molecule has 0 radical (unpaired) electrons. The largest absolute Gasteiger partial charge is 0.504 e. The molecule has 1 N–H and O–H groups in total. The van der Waals surface area contributed by atoms with Gasteiger partial charge in [-0.1, -0.05) is 0 Å². The van der Waals surface area contributed by atoms with E-state index in [0.29, 0.717) is 37.7 Å². The van der Waals surface area contributed by atoms with Gasteiger partial charge in [0.25, 0.3) is 0 Å². The first kappa shape index (κ1) is 18.9. The minimum atomic E-state index is 0.0566. The number of rotatable bonds is 5. The minimum Gasteiger partial charge on any atom is -0.504 e. The van der Waals surface area contributed by atoms with Crippen molar-refractivity contribution in [2.75, 3.05) is 7.11 Å². The van der Waals surface area contributed by atoms with Crippen LogP contribution in [0.2, 0.25) is 0 Å². The van der Waals surface area contributed by atoms with Gasteiger partial charge < -0.3 is 23.1 Å². The number of furan rings is 3. The number of nitrogens with zero attached hydrogens (tertiary/aromatic N) is 2. The predicted octanol–water partition coefficient (Wildman–Crippen LogP) is 5.74. The van der Waals surface area contributed by atoms with Crippen molar-refractivity contribution in [2.24, 2.45) is 4.99 Å². The second-order valence-corrected chi connectivity index (χ2v) is 7.03. The molecule has 7 nitrogen and oxygen atoms in total. The number of benzene rings is 1. The van der Waals surface area contributed by atoms with E-state index < -0.39 is 0 Å². The maximum absolute atomic E-state index is 9.98. The zero-order chi connectivity index (χ0) is 20.4. The molecule has 3 aromatic heterocycles. The first-order chi connectivity index (χ1) is 14.1. The molecule has 8 heteroatoms. The maximum Gasteiger partial charge on any atom is 0.238 e. The summed E-state index contributed by atoms with van der Waals surface area (Å²) >= 11 is 2.00. The van der Waals surface area contributed by atoms with Crippen LogP contribution < -0.4 is 4.74 Å². The van der Waals surface area contributed by atoms with Crippen LogP contribution in [0.3, 0.4) is 0 Å². The molecule has 0 aliphatic heterocycles. The fourth-order valence-corrected chi connectivity index (χ4v) is 3.43. The molecule has 0 saturated carbocycles. The van der Waals surface area contributed by atoms with E-state index in [4.69, 9.17) is 18.0 Å². The normalized spacial score (nSPS) is 11.1. The van der Waals surface area contributed by atoms with Gasteiger partial charge in [-0.15, -0.1) is 0 Å². The third-order valence-electron chi connectivity index (χ3n) is 4.12. The van der Waals surface area contributed by atoms with Gasteiger partial charge >= 0.3 is 0 Å². The SMILES string of the molecule is COc1cc(C=Nc2oc(-c3ccco3)c(-c3ccco3)c2C#N)cc(I)c1O. The molecule has 3 heterocycles. The van der Waals surface area contributed by atoms with Gasteiger partial charge in [-0.05, 0) is 64.6 Å². The van der Waals surface area contributed by atoms with E-state index in [1.54, 1.807) is 36.4 Å². The Morgan fingerprint density at radius 3 is 2.52 bits per heavy atom. The molecular weight excluding hydrogens is 487 g/mol. The number of aliphatic imine (C=N–C) groups is 1. The zero-order valence-electron chi connectivity index (χ0n) is 15.0. The number of halogens is 1. The van der Waals surface area contributed by atoms with E-state index >= 15 is 0 Å². The summed E-state index contributed by atoms with van der Waals surface area (Å²) < 4.78 is 22.6. The van der Waals surface area contributed by atoms with Gasteiger partial charge in [0.2, 0.25) is 5.88 Å². The Morgan fingerprint density at radius 2 is 1.90 bits per heavy atom. The third kappa shape index (κ3) is 3.52. The number of phenols is 1. The summed E-state index contributed by atoms with van der Waals surface area (Å²) in [5.74, 6) is 1.78. The van der Waals surface area contributed by atoms with Gasteiger partial charge in [0.15, 0.2) is 23.0 Å². The lowest BCUT2D eigenvalue weighted by Gasteiger charge is -2.06. The van der Waals surface area contributed by atoms with Crippen molar-refractivity contribution in [3.05, 3.63) is 63.6 Å². The van der Waals surface area contributed by atoms with Crippen LogP contribution in [0.15, 0.2) is 67.2 Å². The van der Waals surface area contributed by atoms with Crippen molar-refractivity contribution < 1.29 is 23.1 Å². The number of hydrogen-bond acceptors (Lipinski definition) is 7. The number of phenolic OH excluding ortho intramolecular Hbond substituents is 1. The van der Waals surface area contributed by atoms with Crippen LogP contribution in [0, 0.1) is 14.9 Å². The second-order valence-electron chi connectivity index (χ2n) is 5.86. The molecule has 0 amide bonds. The molecule has 4 rings (SSSR count). The van der Waals surface area contributed by atoms with E-state index in [9.17, 15) is 10.4 Å². The van der Waals surface area contributed by atoms with Gasteiger partial charge in [-0.3, -0.25) is 0 Å². The fraction of sp³-hybridized carbons (Fsp3) is 0.0476. The molecule has 4 aromatic rings. The molecule has 0 aliphatic carbocycles. The Morgan fingerprint density at radius 1 is 1.17 bits per heavy atom. The highest BCUT2D eigenvalue weighted by Gasteiger charge is 2.26. The van der Waals surface area contributed by atoms with Crippen LogP contribution in [-0.2, 0) is 0 Å². The minimum absolute atomic E-state index is 0.0566. The van der Waals surface area contributed by atoms with Gasteiger partial charge in [0.1, 0.15) is 17.4 Å². The average molecular weight is 500 g/mol. The Bertz CT molecular complexity index is 1220. The molecule has 0 spiro atoms. The summed E-state index contributed by atoms with van der Waals surface area (Å²) in [4.78, 5) is 4.36. The highest BCUT2D eigenvalue weighted by molar-refractivity contribution is 14.1. The smallest absolute Gasteiger partial charge is 0.238 e. The average Bonchev–Trinajstić information content (AvgIpc) is 3.47. The topological polar surface area (TPSA) is 105 Å². The van der Waals surface area contributed by atoms with E-state index in [-0.39, 0.29) is 17.2 Å². The Labute approximate surface area is 179 Å². The van der Waals surface area contributed by atoms with Crippen molar-refractivity contribution in [2.45, 2.75) is 0 Å². The first-order valence-electron chi connectivity index (χ1n) is 8.37. The quantitative estimate of drug-likeness (QED) is 0.277. The first-order valence-corrected chi connectivity index (χ1v) is 9.45. The van der Waals surface area contributed by atoms with Crippen LogP contribution in [-0.4, -0.2) is 18.4 Å². The molecule has 0 saturated heterocycles. The molecule has 0 aliphatic rings. The van der Waals surface area contributed by atoms with Crippen LogP contribution in [0.1, 0.15) is 11.1 Å². The van der Waals surface area contributed by atoms with Crippen molar-refractivity contribution >= 4 is 34.7 Å². The summed E-state index contributed by atoms with van der Waals surface area (Å²) in [5, 5.41) is 19.7. The molecule has 0 unspecified atom stereocenters. The summed E-state index contributed by atoms with van der Waals surface area (Å²) in [6.07, 6.45) is 4.56. The van der Waals surface area contributed by atoms with Crippen LogP contribution >= 0.6 is 22.6 Å². The number of aromatic hydroxyl groups is 1. The predicted molar refractivity (Wildman–Crippen MR) is 113 cm³/mol. The number of hydrogen-bond donors (Lipinski definition) is 1. The summed E-state index contributed by atoms with van der Waals surface area (Å²) in [6.45, 7) is 0. The van der Waals surface area contributed by atoms with Gasteiger partial charge in [-0.2, -0.15) is 5.26 Å². The van der Waals surface area contributed by atoms with E-state index in [1.807, 2.05) is 22.6 Å². The molecular formula is C21H13IN2O5. The number of methoxy groups -OCH3 is 1. The molecule has 0 atom stereocenters. The van der Waals surface area contributed by atoms with Crippen molar-refractivity contribution in [1.82, 2.24) is 0 Å². The van der Waals surface area contributed by atoms with Crippen LogP contribution in [0.5, 0.6) is 11.5 Å². The van der Waals surface area contributed by atoms with Crippen LogP contribution in [0.25, 0.3) is 22.8 Å². The monoisotopic (exact) mass is 500 g/mol. The summed E-state index contributed by atoms with van der Waals surface area (Å²) in [5.41, 5.74) is 1.36. The molecule has 29 heavy (non-hydrogen) atoms. The fourth-order valence-electron chi connectivity index (χ4n) is 2.81. The molecule has 0 bridgehead atoms. The lowest BCUT2D eigenvalue weighted by Crippen LogP contribution is -1.90. The van der Waals surface area contributed by atoms with Crippen LogP contribution in [0.4, 0.5) is 5.88 Å². The van der Waals surface area contributed by atoms with Crippen molar-refractivity contribution in [3.8, 4) is 40.4 Å². The molecule has 144 valence electrons. The Balaban J connectivity index is 1.83. The van der Waals surface area contributed by atoms with E-state index in [2.05, 4.69) is 11.1 Å². The highest BCUT2D eigenvalue weighted by Crippen LogP contribution is 2.43. The standard InChI is InChI=1S/C21H13IN2O5/c1-26-17-9-12(8-14(22)19(17)25)11-24-21-13(10-23)18(15-4-2-6-27-15)20(29-21)16-5-3-7-28-16/h2-9,11,25H,1H3. The summed E-state index contributed by atoms with van der Waals surface area (Å²) in [6, 6.07) is 12.4. The zero-order valence-corrected chi connectivity index (χ0v) is 17.2. The Hall–Kier alpha value is -3.45. The van der Waals surface area contributed by atoms with Crippen molar-refractivity contribution in [3.63, 3.8) is 0 Å². The lowest BCUT2D eigenvalue weighted by molar-refractivity contribution is 0.371. The molecule has 0 fully saturated rings. The number of ether oxygens (including phenoxy) is 1. The van der Waals surface area contributed by atoms with E-state index in [1.165, 1.54) is 25.9 Å². The van der Waals surface area contributed by atoms with Gasteiger partial charge in [-0.25, -0.2) is 4.99 Å². The highest BCUT2D eigenvalue weighted by atomic mass is 127. The lowest BCUT2D eigenvalue weighted by atomic mass is 10.1. The van der Waals surface area contributed by atoms with Gasteiger partial charge in [0.05, 0.1) is 28.8 Å². The molecule has 1 aromatic carbocycles. The summed E-state index contributed by atoms with van der Waals surface area (Å²) in [7, 11) is 1.47. The number of nitriles is 1. The third-order valence-corrected chi connectivity index (χ3v) is 4.94. The van der Waals surface area contributed by atoms with Crippen molar-refractivity contribution in [1.29, 1.82) is 5.26 Å². The second kappa shape index (κ2) is 7.89. The maximum atomic E-state index is 9.98. The van der Waals surface area contributed by atoms with Gasteiger partial charge in [0, 0.05) is 6.21 Å². The van der Waals surface area contributed by atoms with E-state index in [0.717, 1.165) is 0 Å². The Kier molecular flexibility index (Phi) is 5.14.